The van der Waals surface area contributed by atoms with Crippen molar-refractivity contribution in [3.63, 3.8) is 0 Å². The van der Waals surface area contributed by atoms with Gasteiger partial charge in [0.1, 0.15) is 6.04 Å². The highest BCUT2D eigenvalue weighted by Crippen LogP contribution is 2.23. The molecule has 2 heterocycles. The fourth-order valence-electron chi connectivity index (χ4n) is 3.06. The van der Waals surface area contributed by atoms with Gasteiger partial charge in [0.05, 0.1) is 23.1 Å². The summed E-state index contributed by atoms with van der Waals surface area (Å²) in [5.41, 5.74) is 3.17. The van der Waals surface area contributed by atoms with E-state index in [4.69, 9.17) is 0 Å². The number of carboxylic acids is 1. The molecule has 1 N–H and O–H groups in total. The minimum Gasteiger partial charge on any atom is -0.480 e. The molecule has 0 unspecified atom stereocenters. The number of likely N-dealkylation sites (tertiary alicyclic amines) is 1. The number of nitrogens with zero attached hydrogens (tertiary/aromatic N) is 3. The summed E-state index contributed by atoms with van der Waals surface area (Å²) >= 11 is 0. The van der Waals surface area contributed by atoms with Gasteiger partial charge < -0.3 is 10.0 Å². The molecule has 6 nitrogen and oxygen atoms in total. The van der Waals surface area contributed by atoms with E-state index in [1.165, 1.54) is 11.1 Å². The Bertz CT molecular complexity index is 766. The van der Waals surface area contributed by atoms with Crippen molar-refractivity contribution < 1.29 is 14.7 Å². The lowest BCUT2D eigenvalue weighted by Crippen LogP contribution is -2.40. The zero-order chi connectivity index (χ0) is 16.6. The molecular weight excluding hydrogens is 294 g/mol. The molecule has 1 aliphatic heterocycles. The Balaban J connectivity index is 1.93. The van der Waals surface area contributed by atoms with Gasteiger partial charge >= 0.3 is 5.97 Å². The number of aliphatic carboxylic acids is 1. The van der Waals surface area contributed by atoms with Crippen molar-refractivity contribution >= 4 is 11.9 Å². The van der Waals surface area contributed by atoms with Gasteiger partial charge in [-0.1, -0.05) is 12.1 Å². The van der Waals surface area contributed by atoms with Gasteiger partial charge in [-0.05, 0) is 44.4 Å². The number of hydrogen-bond acceptors (Lipinski definition) is 3. The summed E-state index contributed by atoms with van der Waals surface area (Å²) in [4.78, 5) is 25.4. The smallest absolute Gasteiger partial charge is 0.326 e. The van der Waals surface area contributed by atoms with Crippen molar-refractivity contribution in [2.45, 2.75) is 32.7 Å². The third kappa shape index (κ3) is 2.72. The van der Waals surface area contributed by atoms with E-state index in [1.807, 2.05) is 38.1 Å². The highest BCUT2D eigenvalue weighted by Gasteiger charge is 2.35. The first-order valence-electron chi connectivity index (χ1n) is 7.64. The van der Waals surface area contributed by atoms with Gasteiger partial charge in [0.2, 0.25) is 0 Å². The van der Waals surface area contributed by atoms with Crippen LogP contribution in [0.3, 0.4) is 0 Å². The normalized spacial score (nSPS) is 17.5. The number of carboxylic acid groups (broad SMARTS) is 1. The molecule has 0 saturated carbocycles. The van der Waals surface area contributed by atoms with E-state index in [1.54, 1.807) is 4.68 Å². The Kier molecular flexibility index (Phi) is 3.90. The molecule has 0 radical (unpaired) electrons. The van der Waals surface area contributed by atoms with Crippen LogP contribution in [0.4, 0.5) is 0 Å². The van der Waals surface area contributed by atoms with Crippen molar-refractivity contribution in [1.29, 1.82) is 0 Å². The van der Waals surface area contributed by atoms with Crippen LogP contribution in [0.1, 0.15) is 34.5 Å². The van der Waals surface area contributed by atoms with E-state index in [9.17, 15) is 14.7 Å². The Hall–Kier alpha value is -2.63. The summed E-state index contributed by atoms with van der Waals surface area (Å²) in [6.45, 7) is 4.30. The van der Waals surface area contributed by atoms with Gasteiger partial charge in [-0.15, -0.1) is 0 Å². The predicted octanol–water partition coefficient (Wildman–Crippen LogP) is 2.18. The number of carbonyl (C=O) groups excluding carboxylic acids is 1. The first-order chi connectivity index (χ1) is 11.0. The van der Waals surface area contributed by atoms with Gasteiger partial charge in [0.25, 0.3) is 5.91 Å². The topological polar surface area (TPSA) is 75.4 Å². The number of aromatic nitrogens is 2. The van der Waals surface area contributed by atoms with Gasteiger partial charge in [-0.25, -0.2) is 9.48 Å². The molecule has 6 heteroatoms. The van der Waals surface area contributed by atoms with Crippen molar-refractivity contribution in [2.75, 3.05) is 6.54 Å². The summed E-state index contributed by atoms with van der Waals surface area (Å²) in [5, 5.41) is 13.6. The molecular formula is C17H19N3O3. The van der Waals surface area contributed by atoms with Crippen molar-refractivity contribution in [2.24, 2.45) is 0 Å². The highest BCUT2D eigenvalue weighted by molar-refractivity contribution is 5.97. The molecule has 1 aliphatic rings. The molecule has 3 rings (SSSR count). The molecule has 23 heavy (non-hydrogen) atoms. The maximum absolute atomic E-state index is 12.7. The SMILES string of the molecule is Cc1cccc(-n2ncc(C(=O)N3CCC[C@H]3C(=O)O)c2C)c1. The maximum Gasteiger partial charge on any atom is 0.326 e. The fourth-order valence-corrected chi connectivity index (χ4v) is 3.06. The third-order valence-corrected chi connectivity index (χ3v) is 4.29. The minimum absolute atomic E-state index is 0.258. The highest BCUT2D eigenvalue weighted by atomic mass is 16.4. The van der Waals surface area contributed by atoms with Crippen molar-refractivity contribution in [1.82, 2.24) is 14.7 Å². The first-order valence-corrected chi connectivity index (χ1v) is 7.64. The van der Waals surface area contributed by atoms with Crippen LogP contribution in [0, 0.1) is 13.8 Å². The van der Waals surface area contributed by atoms with Gasteiger partial charge in [0.15, 0.2) is 0 Å². The summed E-state index contributed by atoms with van der Waals surface area (Å²) in [6, 6.07) is 7.12. The molecule has 2 aromatic rings. The second-order valence-electron chi connectivity index (χ2n) is 5.89. The minimum atomic E-state index is -0.945. The molecule has 120 valence electrons. The van der Waals surface area contributed by atoms with Crippen LogP contribution in [-0.2, 0) is 4.79 Å². The quantitative estimate of drug-likeness (QED) is 0.942. The van der Waals surface area contributed by atoms with Gasteiger partial charge in [-0.2, -0.15) is 5.10 Å². The average molecular weight is 313 g/mol. The lowest BCUT2D eigenvalue weighted by molar-refractivity contribution is -0.141. The number of carbonyl (C=O) groups is 2. The molecule has 1 amide bonds. The van der Waals surface area contributed by atoms with Crippen LogP contribution in [0.2, 0.25) is 0 Å². The van der Waals surface area contributed by atoms with Crippen LogP contribution in [-0.4, -0.2) is 44.3 Å². The molecule has 1 atom stereocenters. The number of aryl methyl sites for hydroxylation is 1. The monoisotopic (exact) mass is 313 g/mol. The second kappa shape index (κ2) is 5.87. The summed E-state index contributed by atoms with van der Waals surface area (Å²) in [6.07, 6.45) is 2.75. The Morgan fingerprint density at radius 1 is 1.30 bits per heavy atom. The van der Waals surface area contributed by atoms with E-state index >= 15 is 0 Å². The van der Waals surface area contributed by atoms with Crippen LogP contribution in [0.15, 0.2) is 30.5 Å². The summed E-state index contributed by atoms with van der Waals surface area (Å²) in [7, 11) is 0. The van der Waals surface area contributed by atoms with Gasteiger partial charge in [0, 0.05) is 6.54 Å². The molecule has 1 aromatic heterocycles. The number of rotatable bonds is 3. The average Bonchev–Trinajstić information content (AvgIpc) is 3.13. The van der Waals surface area contributed by atoms with E-state index in [0.717, 1.165) is 16.9 Å². The Labute approximate surface area is 134 Å². The van der Waals surface area contributed by atoms with Crippen molar-refractivity contribution in [3.8, 4) is 5.69 Å². The molecule has 1 fully saturated rings. The van der Waals surface area contributed by atoms with Crippen LogP contribution in [0.25, 0.3) is 5.69 Å². The van der Waals surface area contributed by atoms with Gasteiger partial charge in [-0.3, -0.25) is 4.79 Å². The van der Waals surface area contributed by atoms with Crippen LogP contribution in [0.5, 0.6) is 0 Å². The summed E-state index contributed by atoms with van der Waals surface area (Å²) < 4.78 is 1.71. The fraction of sp³-hybridized carbons (Fsp3) is 0.353. The molecule has 1 aromatic carbocycles. The number of hydrogen-bond donors (Lipinski definition) is 1. The van der Waals surface area contributed by atoms with E-state index < -0.39 is 12.0 Å². The van der Waals surface area contributed by atoms with E-state index in [0.29, 0.717) is 24.9 Å². The first kappa shape index (κ1) is 15.3. The number of amides is 1. The zero-order valence-corrected chi connectivity index (χ0v) is 13.2. The Morgan fingerprint density at radius 3 is 2.78 bits per heavy atom. The predicted molar refractivity (Wildman–Crippen MR) is 84.7 cm³/mol. The lowest BCUT2D eigenvalue weighted by Gasteiger charge is -2.21. The molecule has 0 bridgehead atoms. The zero-order valence-electron chi connectivity index (χ0n) is 13.2. The largest absolute Gasteiger partial charge is 0.480 e. The third-order valence-electron chi connectivity index (χ3n) is 4.29. The lowest BCUT2D eigenvalue weighted by atomic mass is 10.2. The van der Waals surface area contributed by atoms with Crippen LogP contribution < -0.4 is 0 Å². The van der Waals surface area contributed by atoms with E-state index in [-0.39, 0.29) is 5.91 Å². The maximum atomic E-state index is 12.7. The van der Waals surface area contributed by atoms with Crippen molar-refractivity contribution in [3.05, 3.63) is 47.3 Å². The Morgan fingerprint density at radius 2 is 2.09 bits per heavy atom. The standard InChI is InChI=1S/C17H19N3O3/c1-11-5-3-6-13(9-11)20-12(2)14(10-18-20)16(21)19-8-4-7-15(19)17(22)23/h3,5-6,9-10,15H,4,7-8H2,1-2H3,(H,22,23)/t15-/m0/s1. The molecule has 0 spiro atoms. The number of benzene rings is 1. The second-order valence-corrected chi connectivity index (χ2v) is 5.89. The van der Waals surface area contributed by atoms with E-state index in [2.05, 4.69) is 5.10 Å². The molecule has 1 saturated heterocycles. The molecule has 0 aliphatic carbocycles. The van der Waals surface area contributed by atoms with Crippen LogP contribution >= 0.6 is 0 Å². The summed E-state index contributed by atoms with van der Waals surface area (Å²) in [5.74, 6) is -1.20.